The molecule has 0 bridgehead atoms. The minimum Gasteiger partial charge on any atom is -0.493 e. The lowest BCUT2D eigenvalue weighted by molar-refractivity contribution is 0.00353. The smallest absolute Gasteiger partial charge is 0.260 e. The lowest BCUT2D eigenvalue weighted by Gasteiger charge is -2.40. The topological polar surface area (TPSA) is 48.0 Å². The van der Waals surface area contributed by atoms with E-state index in [9.17, 15) is 4.79 Å². The summed E-state index contributed by atoms with van der Waals surface area (Å²) in [5, 5.41) is 0. The number of methoxy groups -OCH3 is 2. The first-order valence-electron chi connectivity index (χ1n) is 7.54. The number of carbonyl (C=O) groups excluding carboxylic acids is 1. The third kappa shape index (κ3) is 2.04. The van der Waals surface area contributed by atoms with E-state index in [2.05, 4.69) is 0 Å². The van der Waals surface area contributed by atoms with Crippen molar-refractivity contribution in [1.29, 1.82) is 0 Å². The van der Waals surface area contributed by atoms with Crippen molar-refractivity contribution in [1.82, 2.24) is 4.90 Å². The second-order valence-corrected chi connectivity index (χ2v) is 5.62. The van der Waals surface area contributed by atoms with Crippen molar-refractivity contribution in [3.63, 3.8) is 0 Å². The first-order chi connectivity index (χ1) is 11.2. The number of hydrogen-bond acceptors (Lipinski definition) is 4. The van der Waals surface area contributed by atoms with E-state index in [0.717, 1.165) is 17.5 Å². The third-order valence-electron chi connectivity index (χ3n) is 4.43. The number of rotatable bonds is 2. The van der Waals surface area contributed by atoms with Crippen LogP contribution in [-0.4, -0.2) is 31.6 Å². The quantitative estimate of drug-likeness (QED) is 0.855. The number of benzene rings is 2. The van der Waals surface area contributed by atoms with Gasteiger partial charge in [0.15, 0.2) is 11.5 Å². The fourth-order valence-electron chi connectivity index (χ4n) is 3.27. The molecule has 0 fully saturated rings. The van der Waals surface area contributed by atoms with Crippen LogP contribution in [-0.2, 0) is 6.42 Å². The summed E-state index contributed by atoms with van der Waals surface area (Å²) in [6.45, 7) is 0.625. The van der Waals surface area contributed by atoms with Gasteiger partial charge in [-0.25, -0.2) is 0 Å². The molecule has 1 amide bonds. The molecule has 5 nitrogen and oxygen atoms in total. The summed E-state index contributed by atoms with van der Waals surface area (Å²) in [7, 11) is 3.23. The molecule has 0 aromatic heterocycles. The molecule has 2 heterocycles. The van der Waals surface area contributed by atoms with Crippen molar-refractivity contribution in [2.45, 2.75) is 12.6 Å². The Labute approximate surface area is 134 Å². The van der Waals surface area contributed by atoms with Crippen LogP contribution in [0.2, 0.25) is 0 Å². The molecule has 1 atom stereocenters. The van der Waals surface area contributed by atoms with Gasteiger partial charge in [0, 0.05) is 12.1 Å². The van der Waals surface area contributed by atoms with E-state index in [1.807, 2.05) is 30.3 Å². The van der Waals surface area contributed by atoms with E-state index in [0.29, 0.717) is 29.4 Å². The standard InChI is InChI=1S/C18H17NO4/c1-21-15-9-11-7-8-19-17(20)12-5-3-4-6-14(12)23-18(19)13(11)10-16(15)22-2/h3-6,9-10,18H,7-8H2,1-2H3. The maximum absolute atomic E-state index is 12.7. The fourth-order valence-corrected chi connectivity index (χ4v) is 3.27. The molecule has 1 unspecified atom stereocenters. The normalized spacial score (nSPS) is 18.4. The van der Waals surface area contributed by atoms with Crippen LogP contribution in [0.1, 0.15) is 27.7 Å². The third-order valence-corrected chi connectivity index (χ3v) is 4.43. The molecule has 2 aliphatic heterocycles. The van der Waals surface area contributed by atoms with Gasteiger partial charge in [-0.2, -0.15) is 0 Å². The van der Waals surface area contributed by atoms with E-state index >= 15 is 0 Å². The van der Waals surface area contributed by atoms with Gasteiger partial charge < -0.3 is 14.2 Å². The second-order valence-electron chi connectivity index (χ2n) is 5.62. The molecule has 23 heavy (non-hydrogen) atoms. The summed E-state index contributed by atoms with van der Waals surface area (Å²) in [6, 6.07) is 11.2. The molecule has 0 saturated carbocycles. The van der Waals surface area contributed by atoms with Crippen molar-refractivity contribution < 1.29 is 19.0 Å². The Morgan fingerprint density at radius 1 is 1.13 bits per heavy atom. The van der Waals surface area contributed by atoms with Crippen LogP contribution < -0.4 is 14.2 Å². The predicted octanol–water partition coefficient (Wildman–Crippen LogP) is 2.79. The second kappa shape index (κ2) is 5.19. The van der Waals surface area contributed by atoms with E-state index in [-0.39, 0.29) is 5.91 Å². The van der Waals surface area contributed by atoms with Gasteiger partial charge in [-0.05, 0) is 36.2 Å². The van der Waals surface area contributed by atoms with Gasteiger partial charge in [-0.15, -0.1) is 0 Å². The molecule has 0 spiro atoms. The fraction of sp³-hybridized carbons (Fsp3) is 0.278. The van der Waals surface area contributed by atoms with Gasteiger partial charge in [0.05, 0.1) is 19.8 Å². The number of amides is 1. The average molecular weight is 311 g/mol. The van der Waals surface area contributed by atoms with Crippen molar-refractivity contribution in [3.05, 3.63) is 53.1 Å². The summed E-state index contributed by atoms with van der Waals surface area (Å²) in [5.41, 5.74) is 2.69. The number of fused-ring (bicyclic) bond motifs is 4. The van der Waals surface area contributed by atoms with Gasteiger partial charge in [0.25, 0.3) is 5.91 Å². The lowest BCUT2D eigenvalue weighted by Crippen LogP contribution is -2.45. The molecule has 0 aliphatic carbocycles. The Hall–Kier alpha value is -2.69. The largest absolute Gasteiger partial charge is 0.493 e. The molecule has 0 N–H and O–H groups in total. The Morgan fingerprint density at radius 3 is 2.65 bits per heavy atom. The zero-order valence-electron chi connectivity index (χ0n) is 13.0. The summed E-state index contributed by atoms with van der Waals surface area (Å²) in [6.07, 6.45) is 0.352. The van der Waals surface area contributed by atoms with Crippen molar-refractivity contribution in [3.8, 4) is 17.2 Å². The van der Waals surface area contributed by atoms with Gasteiger partial charge in [-0.3, -0.25) is 9.69 Å². The van der Waals surface area contributed by atoms with E-state index < -0.39 is 6.23 Å². The van der Waals surface area contributed by atoms with Crippen LogP contribution in [0.25, 0.3) is 0 Å². The van der Waals surface area contributed by atoms with E-state index in [1.165, 1.54) is 0 Å². The number of hydrogen-bond donors (Lipinski definition) is 0. The van der Waals surface area contributed by atoms with Gasteiger partial charge in [0.1, 0.15) is 5.75 Å². The van der Waals surface area contributed by atoms with Gasteiger partial charge in [-0.1, -0.05) is 12.1 Å². The molecule has 0 radical (unpaired) electrons. The van der Waals surface area contributed by atoms with E-state index in [4.69, 9.17) is 14.2 Å². The van der Waals surface area contributed by atoms with Crippen molar-refractivity contribution in [2.75, 3.05) is 20.8 Å². The number of carbonyl (C=O) groups is 1. The predicted molar refractivity (Wildman–Crippen MR) is 84.1 cm³/mol. The summed E-state index contributed by atoms with van der Waals surface area (Å²) in [5.74, 6) is 1.98. The van der Waals surface area contributed by atoms with Gasteiger partial charge in [0.2, 0.25) is 6.23 Å². The van der Waals surface area contributed by atoms with Crippen molar-refractivity contribution in [2.24, 2.45) is 0 Å². The maximum atomic E-state index is 12.7. The lowest BCUT2D eigenvalue weighted by atomic mass is 9.95. The van der Waals surface area contributed by atoms with Crippen LogP contribution in [0.15, 0.2) is 36.4 Å². The highest BCUT2D eigenvalue weighted by Crippen LogP contribution is 2.42. The Balaban J connectivity index is 1.83. The molecule has 5 heteroatoms. The van der Waals surface area contributed by atoms with Crippen LogP contribution >= 0.6 is 0 Å². The Morgan fingerprint density at radius 2 is 1.87 bits per heavy atom. The Kier molecular flexibility index (Phi) is 3.15. The first kappa shape index (κ1) is 13.9. The first-order valence-corrected chi connectivity index (χ1v) is 7.54. The molecular weight excluding hydrogens is 294 g/mol. The maximum Gasteiger partial charge on any atom is 0.260 e. The molecular formula is C18H17NO4. The zero-order chi connectivity index (χ0) is 16.0. The molecule has 2 aromatic rings. The minimum atomic E-state index is -0.416. The molecule has 4 rings (SSSR count). The summed E-state index contributed by atoms with van der Waals surface area (Å²) < 4.78 is 16.9. The van der Waals surface area contributed by atoms with E-state index in [1.54, 1.807) is 25.2 Å². The Bertz CT molecular complexity index is 787. The minimum absolute atomic E-state index is 0.0114. The van der Waals surface area contributed by atoms with Crippen LogP contribution in [0.4, 0.5) is 0 Å². The number of para-hydroxylation sites is 1. The summed E-state index contributed by atoms with van der Waals surface area (Å²) in [4.78, 5) is 14.5. The monoisotopic (exact) mass is 311 g/mol. The molecule has 2 aromatic carbocycles. The zero-order valence-corrected chi connectivity index (χ0v) is 13.0. The van der Waals surface area contributed by atoms with Crippen molar-refractivity contribution >= 4 is 5.91 Å². The van der Waals surface area contributed by atoms with Crippen LogP contribution in [0.5, 0.6) is 17.2 Å². The number of nitrogens with zero attached hydrogens (tertiary/aromatic N) is 1. The van der Waals surface area contributed by atoms with Gasteiger partial charge >= 0.3 is 0 Å². The highest BCUT2D eigenvalue weighted by Gasteiger charge is 2.38. The summed E-state index contributed by atoms with van der Waals surface area (Å²) >= 11 is 0. The SMILES string of the molecule is COc1cc2c(cc1OC)C1Oc3ccccc3C(=O)N1CC2. The molecule has 0 saturated heterocycles. The van der Waals surface area contributed by atoms with Crippen LogP contribution in [0.3, 0.4) is 0 Å². The highest BCUT2D eigenvalue weighted by molar-refractivity contribution is 5.98. The average Bonchev–Trinajstić information content (AvgIpc) is 2.60. The molecule has 2 aliphatic rings. The number of ether oxygens (including phenoxy) is 3. The molecule has 118 valence electrons. The van der Waals surface area contributed by atoms with Crippen LogP contribution in [0, 0.1) is 0 Å². The highest BCUT2D eigenvalue weighted by atomic mass is 16.5.